The number of hydrogen-bond donors (Lipinski definition) is 2. The molecule has 3 aliphatic heterocycles. The van der Waals surface area contributed by atoms with E-state index in [0.717, 1.165) is 64.1 Å². The van der Waals surface area contributed by atoms with Gasteiger partial charge in [-0.25, -0.2) is 0 Å². The molecule has 0 radical (unpaired) electrons. The van der Waals surface area contributed by atoms with Crippen LogP contribution in [0.1, 0.15) is 57.6 Å². The molecule has 2 N–H and O–H groups in total. The molecular formula is C26H43N5O. The van der Waals surface area contributed by atoms with Crippen molar-refractivity contribution >= 4 is 5.96 Å². The van der Waals surface area contributed by atoms with E-state index in [-0.39, 0.29) is 5.54 Å². The minimum Gasteiger partial charge on any atom is -0.381 e. The van der Waals surface area contributed by atoms with Gasteiger partial charge in [0.25, 0.3) is 0 Å². The predicted octanol–water partition coefficient (Wildman–Crippen LogP) is 3.27. The molecule has 4 rings (SSSR count). The number of guanidine groups is 1. The van der Waals surface area contributed by atoms with Crippen LogP contribution in [0.15, 0.2) is 35.3 Å². The average molecular weight is 442 g/mol. The summed E-state index contributed by atoms with van der Waals surface area (Å²) in [6.07, 6.45) is 6.04. The van der Waals surface area contributed by atoms with Gasteiger partial charge in [-0.15, -0.1) is 0 Å². The molecule has 0 saturated carbocycles. The maximum atomic E-state index is 5.72. The molecule has 2 atom stereocenters. The van der Waals surface area contributed by atoms with Crippen LogP contribution in [0.3, 0.4) is 0 Å². The standard InChI is InChI=1S/C26H43N5O/c1-3-27-25(31-16-11-23(20-31)19-30-14-7-8-15-30)28-21-26(12-17-32-18-13-26)29-22(2)24-9-5-4-6-10-24/h4-6,9-10,22-23,29H,3,7-8,11-21H2,1-2H3,(H,27,28). The number of ether oxygens (including phenoxy) is 1. The van der Waals surface area contributed by atoms with Gasteiger partial charge >= 0.3 is 0 Å². The third-order valence-electron chi connectivity index (χ3n) is 7.44. The fourth-order valence-corrected chi connectivity index (χ4v) is 5.55. The molecule has 0 bridgehead atoms. The molecule has 3 saturated heterocycles. The summed E-state index contributed by atoms with van der Waals surface area (Å²) in [5.41, 5.74) is 1.32. The first kappa shape index (κ1) is 23.5. The van der Waals surface area contributed by atoms with Crippen LogP contribution in [0.4, 0.5) is 0 Å². The van der Waals surface area contributed by atoms with Gasteiger partial charge in [-0.05, 0) is 70.5 Å². The quantitative estimate of drug-likeness (QED) is 0.479. The molecule has 0 aliphatic carbocycles. The molecule has 0 aromatic heterocycles. The lowest BCUT2D eigenvalue weighted by Gasteiger charge is -2.40. The van der Waals surface area contributed by atoms with Crippen LogP contribution in [0.5, 0.6) is 0 Å². The number of rotatable bonds is 8. The molecule has 6 nitrogen and oxygen atoms in total. The van der Waals surface area contributed by atoms with Gasteiger partial charge in [0.15, 0.2) is 5.96 Å². The Morgan fingerprint density at radius 2 is 1.91 bits per heavy atom. The smallest absolute Gasteiger partial charge is 0.193 e. The second kappa shape index (κ2) is 11.5. The highest BCUT2D eigenvalue weighted by Crippen LogP contribution is 2.26. The second-order valence-corrected chi connectivity index (χ2v) is 9.95. The molecule has 32 heavy (non-hydrogen) atoms. The maximum absolute atomic E-state index is 5.72. The summed E-state index contributed by atoms with van der Waals surface area (Å²) in [6, 6.07) is 11.0. The highest BCUT2D eigenvalue weighted by molar-refractivity contribution is 5.80. The van der Waals surface area contributed by atoms with Gasteiger partial charge < -0.3 is 25.2 Å². The molecule has 3 fully saturated rings. The van der Waals surface area contributed by atoms with Gasteiger partial charge in [0.1, 0.15) is 0 Å². The normalized spacial score (nSPS) is 25.2. The highest BCUT2D eigenvalue weighted by atomic mass is 16.5. The largest absolute Gasteiger partial charge is 0.381 e. The van der Waals surface area contributed by atoms with Crippen LogP contribution >= 0.6 is 0 Å². The minimum absolute atomic E-state index is 0.0111. The molecular weight excluding hydrogens is 398 g/mol. The van der Waals surface area contributed by atoms with E-state index in [9.17, 15) is 0 Å². The third kappa shape index (κ3) is 6.24. The first-order valence-electron chi connectivity index (χ1n) is 12.8. The van der Waals surface area contributed by atoms with Crippen LogP contribution in [0, 0.1) is 5.92 Å². The Kier molecular flexibility index (Phi) is 8.44. The fraction of sp³-hybridized carbons (Fsp3) is 0.731. The van der Waals surface area contributed by atoms with Crippen molar-refractivity contribution in [1.29, 1.82) is 0 Å². The van der Waals surface area contributed by atoms with E-state index in [1.165, 1.54) is 44.5 Å². The lowest BCUT2D eigenvalue weighted by atomic mass is 9.88. The molecule has 3 heterocycles. The average Bonchev–Trinajstić information content (AvgIpc) is 3.51. The summed E-state index contributed by atoms with van der Waals surface area (Å²) in [4.78, 5) is 10.4. The number of benzene rings is 1. The number of aliphatic imine (C=N–C) groups is 1. The zero-order chi connectivity index (χ0) is 22.2. The molecule has 0 amide bonds. The van der Waals surface area contributed by atoms with E-state index in [4.69, 9.17) is 9.73 Å². The SMILES string of the molecule is CCNC(=NCC1(NC(C)c2ccccc2)CCOCC1)N1CCC(CN2CCCC2)C1. The zero-order valence-corrected chi connectivity index (χ0v) is 20.2. The summed E-state index contributed by atoms with van der Waals surface area (Å²) in [5.74, 6) is 1.86. The Hall–Kier alpha value is -1.63. The summed E-state index contributed by atoms with van der Waals surface area (Å²) in [7, 11) is 0. The van der Waals surface area contributed by atoms with E-state index in [1.54, 1.807) is 0 Å². The molecule has 2 unspecified atom stereocenters. The summed E-state index contributed by atoms with van der Waals surface area (Å²) < 4.78 is 5.72. The molecule has 178 valence electrons. The minimum atomic E-state index is -0.0111. The van der Waals surface area contributed by atoms with Crippen LogP contribution in [-0.2, 0) is 4.74 Å². The maximum Gasteiger partial charge on any atom is 0.193 e. The monoisotopic (exact) mass is 441 g/mol. The van der Waals surface area contributed by atoms with Gasteiger partial charge in [0, 0.05) is 51.0 Å². The van der Waals surface area contributed by atoms with Crippen LogP contribution < -0.4 is 10.6 Å². The first-order valence-corrected chi connectivity index (χ1v) is 12.8. The Morgan fingerprint density at radius 3 is 2.62 bits per heavy atom. The molecule has 6 heteroatoms. The van der Waals surface area contributed by atoms with E-state index >= 15 is 0 Å². The number of nitrogens with zero attached hydrogens (tertiary/aromatic N) is 3. The van der Waals surface area contributed by atoms with E-state index < -0.39 is 0 Å². The van der Waals surface area contributed by atoms with Gasteiger partial charge in [-0.3, -0.25) is 4.99 Å². The van der Waals surface area contributed by atoms with Crippen LogP contribution in [0.2, 0.25) is 0 Å². The van der Waals surface area contributed by atoms with Crippen molar-refractivity contribution in [2.75, 3.05) is 59.0 Å². The van der Waals surface area contributed by atoms with Crippen molar-refractivity contribution in [2.24, 2.45) is 10.9 Å². The van der Waals surface area contributed by atoms with E-state index in [0.29, 0.717) is 6.04 Å². The topological polar surface area (TPSA) is 52.1 Å². The van der Waals surface area contributed by atoms with Crippen molar-refractivity contribution < 1.29 is 4.74 Å². The molecule has 3 aliphatic rings. The fourth-order valence-electron chi connectivity index (χ4n) is 5.55. The zero-order valence-electron chi connectivity index (χ0n) is 20.2. The molecule has 0 spiro atoms. The van der Waals surface area contributed by atoms with Crippen molar-refractivity contribution in [3.8, 4) is 0 Å². The Morgan fingerprint density at radius 1 is 1.16 bits per heavy atom. The second-order valence-electron chi connectivity index (χ2n) is 9.95. The van der Waals surface area contributed by atoms with Gasteiger partial charge in [-0.1, -0.05) is 30.3 Å². The van der Waals surface area contributed by atoms with E-state index in [1.807, 2.05) is 0 Å². The number of nitrogens with one attached hydrogen (secondary N) is 2. The van der Waals surface area contributed by atoms with Crippen molar-refractivity contribution in [2.45, 2.75) is 57.5 Å². The predicted molar refractivity (Wildman–Crippen MR) is 132 cm³/mol. The van der Waals surface area contributed by atoms with Gasteiger partial charge in [0.05, 0.1) is 6.54 Å². The Bertz CT molecular complexity index is 712. The summed E-state index contributed by atoms with van der Waals surface area (Å²) in [5, 5.41) is 7.54. The van der Waals surface area contributed by atoms with Crippen LogP contribution in [0.25, 0.3) is 0 Å². The van der Waals surface area contributed by atoms with E-state index in [2.05, 4.69) is 64.6 Å². The lowest BCUT2D eigenvalue weighted by molar-refractivity contribution is 0.0373. The van der Waals surface area contributed by atoms with Crippen molar-refractivity contribution in [3.05, 3.63) is 35.9 Å². The Labute approximate surface area is 194 Å². The Balaban J connectivity index is 1.41. The number of likely N-dealkylation sites (tertiary alicyclic amines) is 2. The molecule has 1 aromatic carbocycles. The van der Waals surface area contributed by atoms with Crippen molar-refractivity contribution in [3.63, 3.8) is 0 Å². The first-order chi connectivity index (χ1) is 15.7. The van der Waals surface area contributed by atoms with Gasteiger partial charge in [0.2, 0.25) is 0 Å². The van der Waals surface area contributed by atoms with Gasteiger partial charge in [-0.2, -0.15) is 0 Å². The lowest BCUT2D eigenvalue weighted by Crippen LogP contribution is -2.53. The number of hydrogen-bond acceptors (Lipinski definition) is 4. The molecule has 1 aromatic rings. The van der Waals surface area contributed by atoms with Crippen molar-refractivity contribution in [1.82, 2.24) is 20.4 Å². The summed E-state index contributed by atoms with van der Waals surface area (Å²) >= 11 is 0. The third-order valence-corrected chi connectivity index (χ3v) is 7.44. The summed E-state index contributed by atoms with van der Waals surface area (Å²) in [6.45, 7) is 13.9. The highest BCUT2D eigenvalue weighted by Gasteiger charge is 2.35. The van der Waals surface area contributed by atoms with Crippen LogP contribution in [-0.4, -0.2) is 80.3 Å².